The summed E-state index contributed by atoms with van der Waals surface area (Å²) in [7, 11) is 0. The second kappa shape index (κ2) is 5.15. The molecule has 108 valence electrons. The Kier molecular flexibility index (Phi) is 3.70. The van der Waals surface area contributed by atoms with Crippen LogP contribution in [-0.4, -0.2) is 39.1 Å². The maximum absolute atomic E-state index is 12.5. The summed E-state index contributed by atoms with van der Waals surface area (Å²) < 4.78 is 0. The van der Waals surface area contributed by atoms with E-state index in [1.165, 1.54) is 11.0 Å². The third-order valence-corrected chi connectivity index (χ3v) is 4.17. The molecule has 2 N–H and O–H groups in total. The molecule has 0 aliphatic carbocycles. The van der Waals surface area contributed by atoms with Crippen LogP contribution in [0.25, 0.3) is 0 Å². The van der Waals surface area contributed by atoms with Gasteiger partial charge in [-0.25, -0.2) is 4.79 Å². The first kappa shape index (κ1) is 14.4. The summed E-state index contributed by atoms with van der Waals surface area (Å²) in [5, 5.41) is 19.2. The van der Waals surface area contributed by atoms with Crippen molar-refractivity contribution in [2.75, 3.05) is 6.54 Å². The van der Waals surface area contributed by atoms with E-state index in [1.54, 1.807) is 26.0 Å². The number of rotatable bonds is 3. The lowest BCUT2D eigenvalue weighted by molar-refractivity contribution is -0.148. The van der Waals surface area contributed by atoms with Crippen molar-refractivity contribution in [3.63, 3.8) is 0 Å². The lowest BCUT2D eigenvalue weighted by Crippen LogP contribution is -2.52. The number of carboxylic acids is 1. The molecule has 1 aliphatic heterocycles. The Morgan fingerprint density at radius 3 is 2.65 bits per heavy atom. The average Bonchev–Trinajstić information content (AvgIpc) is 2.86. The quantitative estimate of drug-likeness (QED) is 0.887. The van der Waals surface area contributed by atoms with Crippen LogP contribution in [0.3, 0.4) is 0 Å². The van der Waals surface area contributed by atoms with E-state index in [-0.39, 0.29) is 11.7 Å². The fourth-order valence-corrected chi connectivity index (χ4v) is 2.81. The Hall–Kier alpha value is -2.04. The third kappa shape index (κ3) is 2.13. The molecular formula is C15H19NO4. The number of phenols is 1. The Labute approximate surface area is 117 Å². The number of aryl methyl sites for hydroxylation is 1. The van der Waals surface area contributed by atoms with Crippen LogP contribution in [0.1, 0.15) is 42.1 Å². The number of phenolic OH excluding ortho intramolecular Hbond substituents is 1. The summed E-state index contributed by atoms with van der Waals surface area (Å²) in [5.41, 5.74) is -0.102. The molecule has 0 bridgehead atoms. The molecule has 5 heteroatoms. The zero-order valence-corrected chi connectivity index (χ0v) is 11.7. The molecule has 5 nitrogen and oxygen atoms in total. The van der Waals surface area contributed by atoms with E-state index in [4.69, 9.17) is 0 Å². The van der Waals surface area contributed by atoms with Gasteiger partial charge in [-0.2, -0.15) is 0 Å². The number of hydrogen-bond acceptors (Lipinski definition) is 3. The number of carboxylic acid groups (broad SMARTS) is 1. The minimum atomic E-state index is -1.11. The molecule has 0 aromatic heterocycles. The third-order valence-electron chi connectivity index (χ3n) is 4.17. The average molecular weight is 277 g/mol. The van der Waals surface area contributed by atoms with Crippen molar-refractivity contribution in [3.8, 4) is 5.75 Å². The van der Waals surface area contributed by atoms with Crippen LogP contribution in [0.4, 0.5) is 0 Å². The van der Waals surface area contributed by atoms with Crippen molar-refractivity contribution < 1.29 is 19.8 Å². The maximum Gasteiger partial charge on any atom is 0.329 e. The molecule has 1 amide bonds. The summed E-state index contributed by atoms with van der Waals surface area (Å²) in [6.45, 7) is 3.97. The monoisotopic (exact) mass is 277 g/mol. The molecule has 1 aromatic carbocycles. The topological polar surface area (TPSA) is 77.8 Å². The molecule has 1 unspecified atom stereocenters. The lowest BCUT2D eigenvalue weighted by atomic mass is 9.92. The van der Waals surface area contributed by atoms with Gasteiger partial charge in [0.1, 0.15) is 11.3 Å². The molecule has 1 aromatic rings. The van der Waals surface area contributed by atoms with Crippen LogP contribution < -0.4 is 0 Å². The van der Waals surface area contributed by atoms with E-state index in [2.05, 4.69) is 0 Å². The second-order valence-corrected chi connectivity index (χ2v) is 5.25. The van der Waals surface area contributed by atoms with Gasteiger partial charge in [-0.3, -0.25) is 4.79 Å². The highest BCUT2D eigenvalue weighted by Gasteiger charge is 2.48. The number of amides is 1. The summed E-state index contributed by atoms with van der Waals surface area (Å²) in [6, 6.07) is 4.68. The van der Waals surface area contributed by atoms with Gasteiger partial charge >= 0.3 is 5.97 Å². The molecule has 20 heavy (non-hydrogen) atoms. The molecule has 0 saturated carbocycles. The van der Waals surface area contributed by atoms with E-state index in [0.717, 1.165) is 0 Å². The van der Waals surface area contributed by atoms with Gasteiger partial charge in [-0.05, 0) is 43.9 Å². The number of aliphatic carboxylic acids is 1. The Morgan fingerprint density at radius 1 is 1.40 bits per heavy atom. The van der Waals surface area contributed by atoms with Gasteiger partial charge in [0, 0.05) is 12.1 Å². The number of carbonyl (C=O) groups excluding carboxylic acids is 1. The summed E-state index contributed by atoms with van der Waals surface area (Å²) in [5.74, 6) is -1.24. The predicted octanol–water partition coefficient (Wildman–Crippen LogP) is 2.17. The highest BCUT2D eigenvalue weighted by atomic mass is 16.4. The van der Waals surface area contributed by atoms with Crippen LogP contribution in [-0.2, 0) is 4.79 Å². The molecule has 0 radical (unpaired) electrons. The second-order valence-electron chi connectivity index (χ2n) is 5.25. The number of hydrogen-bond donors (Lipinski definition) is 2. The number of benzene rings is 1. The van der Waals surface area contributed by atoms with Crippen LogP contribution >= 0.6 is 0 Å². The van der Waals surface area contributed by atoms with E-state index < -0.39 is 11.5 Å². The van der Waals surface area contributed by atoms with Crippen molar-refractivity contribution in [3.05, 3.63) is 29.3 Å². The first-order chi connectivity index (χ1) is 9.42. The van der Waals surface area contributed by atoms with Gasteiger partial charge in [0.2, 0.25) is 0 Å². The minimum Gasteiger partial charge on any atom is -0.508 e. The van der Waals surface area contributed by atoms with Crippen molar-refractivity contribution in [2.45, 2.75) is 38.6 Å². The summed E-state index contributed by atoms with van der Waals surface area (Å²) in [6.07, 6.45) is 1.54. The van der Waals surface area contributed by atoms with Gasteiger partial charge in [0.05, 0.1) is 0 Å². The number of aromatic hydroxyl groups is 1. The van der Waals surface area contributed by atoms with Crippen LogP contribution in [0.5, 0.6) is 5.75 Å². The maximum atomic E-state index is 12.5. The van der Waals surface area contributed by atoms with Gasteiger partial charge in [0.15, 0.2) is 0 Å². The minimum absolute atomic E-state index is 0.0486. The summed E-state index contributed by atoms with van der Waals surface area (Å²) in [4.78, 5) is 25.5. The molecule has 1 aliphatic rings. The van der Waals surface area contributed by atoms with Crippen LogP contribution in [0.2, 0.25) is 0 Å². The molecule has 1 saturated heterocycles. The molecular weight excluding hydrogens is 258 g/mol. The molecule has 1 fully saturated rings. The highest BCUT2D eigenvalue weighted by Crippen LogP contribution is 2.34. The van der Waals surface area contributed by atoms with Gasteiger partial charge in [0.25, 0.3) is 5.91 Å². The van der Waals surface area contributed by atoms with Gasteiger partial charge < -0.3 is 15.1 Å². The first-order valence-electron chi connectivity index (χ1n) is 6.77. The van der Waals surface area contributed by atoms with Gasteiger partial charge in [-0.1, -0.05) is 13.0 Å². The highest BCUT2D eigenvalue weighted by molar-refractivity contribution is 5.98. The Morgan fingerprint density at radius 2 is 2.10 bits per heavy atom. The first-order valence-corrected chi connectivity index (χ1v) is 6.77. The van der Waals surface area contributed by atoms with E-state index in [0.29, 0.717) is 36.9 Å². The molecule has 1 atom stereocenters. The van der Waals surface area contributed by atoms with Gasteiger partial charge in [-0.15, -0.1) is 0 Å². The fourth-order valence-electron chi connectivity index (χ4n) is 2.81. The molecule has 1 heterocycles. The van der Waals surface area contributed by atoms with Crippen molar-refractivity contribution in [2.24, 2.45) is 0 Å². The molecule has 2 rings (SSSR count). The van der Waals surface area contributed by atoms with E-state index in [1.807, 2.05) is 0 Å². The zero-order chi connectivity index (χ0) is 14.9. The smallest absolute Gasteiger partial charge is 0.329 e. The Bertz CT molecular complexity index is 555. The number of carbonyl (C=O) groups is 2. The van der Waals surface area contributed by atoms with Crippen molar-refractivity contribution in [1.29, 1.82) is 0 Å². The zero-order valence-electron chi connectivity index (χ0n) is 11.7. The molecule has 0 spiro atoms. The van der Waals surface area contributed by atoms with Crippen molar-refractivity contribution in [1.82, 2.24) is 4.90 Å². The van der Waals surface area contributed by atoms with Crippen LogP contribution in [0, 0.1) is 6.92 Å². The van der Waals surface area contributed by atoms with Crippen molar-refractivity contribution >= 4 is 11.9 Å². The Balaban J connectivity index is 2.36. The largest absolute Gasteiger partial charge is 0.508 e. The predicted molar refractivity (Wildman–Crippen MR) is 73.8 cm³/mol. The normalized spacial score (nSPS) is 22.0. The van der Waals surface area contributed by atoms with E-state index >= 15 is 0 Å². The van der Waals surface area contributed by atoms with E-state index in [9.17, 15) is 19.8 Å². The number of nitrogens with zero attached hydrogens (tertiary/aromatic N) is 1. The summed E-state index contributed by atoms with van der Waals surface area (Å²) >= 11 is 0. The van der Waals surface area contributed by atoms with Crippen LogP contribution in [0.15, 0.2) is 18.2 Å². The SMILES string of the molecule is CCC1(C(=O)O)CCCN1C(=O)c1ccc(C)c(O)c1. The lowest BCUT2D eigenvalue weighted by Gasteiger charge is -2.34. The standard InChI is InChI=1S/C15H19NO4/c1-3-15(14(19)20)7-4-8-16(15)13(18)11-6-5-10(2)12(17)9-11/h5-6,9,17H,3-4,7-8H2,1-2H3,(H,19,20). The fraction of sp³-hybridized carbons (Fsp3) is 0.467. The number of likely N-dealkylation sites (tertiary alicyclic amines) is 1.